The third-order valence-corrected chi connectivity index (χ3v) is 4.00. The first-order valence-corrected chi connectivity index (χ1v) is 8.45. The summed E-state index contributed by atoms with van der Waals surface area (Å²) in [5, 5.41) is 4.62. The average molecular weight is 376 g/mol. The lowest BCUT2D eigenvalue weighted by molar-refractivity contribution is 0.0663. The molecule has 0 aliphatic heterocycles. The van der Waals surface area contributed by atoms with Crippen LogP contribution in [0.2, 0.25) is 5.02 Å². The molecule has 0 saturated heterocycles. The van der Waals surface area contributed by atoms with Crippen LogP contribution < -0.4 is 0 Å². The summed E-state index contributed by atoms with van der Waals surface area (Å²) in [6.07, 6.45) is 1.90. The van der Waals surface area contributed by atoms with Crippen LogP contribution in [0.25, 0.3) is 11.4 Å². The highest BCUT2D eigenvalue weighted by molar-refractivity contribution is 6.30. The molecule has 2 heterocycles. The van der Waals surface area contributed by atoms with Crippen LogP contribution in [0.15, 0.2) is 51.6 Å². The maximum Gasteiger partial charge on any atom is 0.289 e. The van der Waals surface area contributed by atoms with Crippen LogP contribution in [0, 0.1) is 0 Å². The summed E-state index contributed by atoms with van der Waals surface area (Å²) in [5.74, 6) is 1.01. The van der Waals surface area contributed by atoms with Crippen molar-refractivity contribution < 1.29 is 18.5 Å². The van der Waals surface area contributed by atoms with Crippen molar-refractivity contribution in [3.05, 3.63) is 59.3 Å². The highest BCUT2D eigenvalue weighted by atomic mass is 35.5. The summed E-state index contributed by atoms with van der Waals surface area (Å²) in [4.78, 5) is 18.5. The van der Waals surface area contributed by atoms with Gasteiger partial charge in [-0.05, 0) is 36.4 Å². The first-order chi connectivity index (χ1) is 12.7. The third kappa shape index (κ3) is 4.50. The number of hydrogen-bond donors (Lipinski definition) is 0. The van der Waals surface area contributed by atoms with Crippen LogP contribution in [-0.2, 0) is 11.2 Å². The topological polar surface area (TPSA) is 81.6 Å². The molecule has 1 amide bonds. The molecule has 26 heavy (non-hydrogen) atoms. The average Bonchev–Trinajstić information content (AvgIpc) is 3.34. The molecular formula is C18H18ClN3O4. The minimum atomic E-state index is -0.204. The van der Waals surface area contributed by atoms with E-state index in [-0.39, 0.29) is 11.7 Å². The number of furan rings is 1. The van der Waals surface area contributed by atoms with Gasteiger partial charge in [0.15, 0.2) is 5.76 Å². The Balaban J connectivity index is 1.65. The minimum absolute atomic E-state index is 0.204. The van der Waals surface area contributed by atoms with Crippen molar-refractivity contribution in [1.29, 1.82) is 0 Å². The van der Waals surface area contributed by atoms with E-state index in [1.807, 2.05) is 12.1 Å². The van der Waals surface area contributed by atoms with Gasteiger partial charge in [0.05, 0.1) is 12.9 Å². The first-order valence-electron chi connectivity index (χ1n) is 8.07. The molecular weight excluding hydrogens is 358 g/mol. The summed E-state index contributed by atoms with van der Waals surface area (Å²) in [6, 6.07) is 10.5. The number of benzene rings is 1. The van der Waals surface area contributed by atoms with Gasteiger partial charge >= 0.3 is 0 Å². The maximum atomic E-state index is 12.5. The zero-order valence-corrected chi connectivity index (χ0v) is 15.0. The van der Waals surface area contributed by atoms with E-state index in [1.54, 1.807) is 36.3 Å². The fourth-order valence-electron chi connectivity index (χ4n) is 2.38. The molecule has 0 fully saturated rings. The van der Waals surface area contributed by atoms with Crippen LogP contribution >= 0.6 is 11.6 Å². The second-order valence-electron chi connectivity index (χ2n) is 5.53. The van der Waals surface area contributed by atoms with Gasteiger partial charge in [0, 0.05) is 37.2 Å². The molecule has 3 rings (SSSR count). The van der Waals surface area contributed by atoms with Gasteiger partial charge in [-0.1, -0.05) is 16.8 Å². The zero-order chi connectivity index (χ0) is 18.4. The lowest BCUT2D eigenvalue weighted by Crippen LogP contribution is -2.35. The molecule has 0 N–H and O–H groups in total. The summed E-state index contributed by atoms with van der Waals surface area (Å²) in [6.45, 7) is 1.27. The van der Waals surface area contributed by atoms with Crippen molar-refractivity contribution >= 4 is 17.5 Å². The second kappa shape index (κ2) is 8.64. The molecule has 0 aliphatic rings. The van der Waals surface area contributed by atoms with Gasteiger partial charge in [-0.25, -0.2) is 0 Å². The van der Waals surface area contributed by atoms with Crippen molar-refractivity contribution in [2.75, 3.05) is 26.8 Å². The predicted molar refractivity (Wildman–Crippen MR) is 94.9 cm³/mol. The summed E-state index contributed by atoms with van der Waals surface area (Å²) in [7, 11) is 1.59. The van der Waals surface area contributed by atoms with E-state index in [0.29, 0.717) is 42.9 Å². The molecule has 0 atom stereocenters. The number of amides is 1. The normalized spacial score (nSPS) is 10.8. The molecule has 0 unspecified atom stereocenters. The molecule has 136 valence electrons. The Morgan fingerprint density at radius 2 is 2.04 bits per heavy atom. The fourth-order valence-corrected chi connectivity index (χ4v) is 2.50. The molecule has 8 heteroatoms. The smallest absolute Gasteiger partial charge is 0.289 e. The van der Waals surface area contributed by atoms with Crippen LogP contribution in [0.5, 0.6) is 0 Å². The van der Waals surface area contributed by atoms with E-state index in [1.165, 1.54) is 6.26 Å². The number of nitrogens with zero attached hydrogens (tertiary/aromatic N) is 3. The number of carbonyl (C=O) groups is 1. The lowest BCUT2D eigenvalue weighted by atomic mass is 10.2. The molecule has 0 spiro atoms. The minimum Gasteiger partial charge on any atom is -0.459 e. The van der Waals surface area contributed by atoms with Gasteiger partial charge < -0.3 is 18.6 Å². The first kappa shape index (κ1) is 18.2. The monoisotopic (exact) mass is 375 g/mol. The summed E-state index contributed by atoms with van der Waals surface area (Å²) >= 11 is 5.88. The summed E-state index contributed by atoms with van der Waals surface area (Å²) < 4.78 is 15.6. The molecule has 0 saturated carbocycles. The molecule has 0 radical (unpaired) electrons. The maximum absolute atomic E-state index is 12.5. The zero-order valence-electron chi connectivity index (χ0n) is 14.2. The van der Waals surface area contributed by atoms with Gasteiger partial charge in [-0.15, -0.1) is 0 Å². The van der Waals surface area contributed by atoms with Gasteiger partial charge in [0.25, 0.3) is 5.91 Å². The Morgan fingerprint density at radius 1 is 1.23 bits per heavy atom. The van der Waals surface area contributed by atoms with Crippen LogP contribution in [-0.4, -0.2) is 47.8 Å². The molecule has 0 aliphatic carbocycles. The highest BCUT2D eigenvalue weighted by Crippen LogP contribution is 2.19. The van der Waals surface area contributed by atoms with E-state index in [2.05, 4.69) is 10.1 Å². The Morgan fingerprint density at radius 3 is 2.73 bits per heavy atom. The Kier molecular flexibility index (Phi) is 6.04. The van der Waals surface area contributed by atoms with Crippen LogP contribution in [0.4, 0.5) is 0 Å². The van der Waals surface area contributed by atoms with E-state index < -0.39 is 0 Å². The van der Waals surface area contributed by atoms with Crippen molar-refractivity contribution in [3.8, 4) is 11.4 Å². The van der Waals surface area contributed by atoms with Gasteiger partial charge in [-0.3, -0.25) is 4.79 Å². The Hall–Kier alpha value is -2.64. The molecule has 3 aromatic rings. The SMILES string of the molecule is COCCN(CCc1nc(-c2ccc(Cl)cc2)no1)C(=O)c1ccco1. The third-order valence-electron chi connectivity index (χ3n) is 3.75. The van der Waals surface area contributed by atoms with Crippen LogP contribution in [0.1, 0.15) is 16.4 Å². The number of carbonyl (C=O) groups excluding carboxylic acids is 1. The number of ether oxygens (including phenoxy) is 1. The van der Waals surface area contributed by atoms with Crippen molar-refractivity contribution in [2.24, 2.45) is 0 Å². The van der Waals surface area contributed by atoms with Crippen molar-refractivity contribution in [3.63, 3.8) is 0 Å². The van der Waals surface area contributed by atoms with Gasteiger partial charge in [0.1, 0.15) is 0 Å². The van der Waals surface area contributed by atoms with Gasteiger partial charge in [0.2, 0.25) is 11.7 Å². The molecule has 0 bridgehead atoms. The van der Waals surface area contributed by atoms with E-state index in [0.717, 1.165) is 5.56 Å². The largest absolute Gasteiger partial charge is 0.459 e. The van der Waals surface area contributed by atoms with E-state index in [9.17, 15) is 4.79 Å². The summed E-state index contributed by atoms with van der Waals surface area (Å²) in [5.41, 5.74) is 0.812. The quantitative estimate of drug-likeness (QED) is 0.600. The number of aromatic nitrogens is 2. The van der Waals surface area contributed by atoms with E-state index >= 15 is 0 Å². The molecule has 1 aromatic carbocycles. The number of rotatable bonds is 8. The Labute approximate surface area is 155 Å². The predicted octanol–water partition coefficient (Wildman–Crippen LogP) is 3.31. The van der Waals surface area contributed by atoms with Crippen molar-refractivity contribution in [2.45, 2.75) is 6.42 Å². The lowest BCUT2D eigenvalue weighted by Gasteiger charge is -2.20. The second-order valence-corrected chi connectivity index (χ2v) is 5.97. The molecule has 7 nitrogen and oxygen atoms in total. The Bertz CT molecular complexity index is 831. The number of halogens is 1. The standard InChI is InChI=1S/C18H18ClN3O4/c1-24-12-10-22(18(23)15-3-2-11-25-15)9-8-16-20-17(21-26-16)13-4-6-14(19)7-5-13/h2-7,11H,8-10,12H2,1H3. The fraction of sp³-hybridized carbons (Fsp3) is 0.278. The number of hydrogen-bond acceptors (Lipinski definition) is 6. The van der Waals surface area contributed by atoms with Gasteiger partial charge in [-0.2, -0.15) is 4.98 Å². The van der Waals surface area contributed by atoms with E-state index in [4.69, 9.17) is 25.3 Å². The van der Waals surface area contributed by atoms with Crippen molar-refractivity contribution in [1.82, 2.24) is 15.0 Å². The number of methoxy groups -OCH3 is 1. The van der Waals surface area contributed by atoms with Crippen LogP contribution in [0.3, 0.4) is 0 Å². The molecule has 2 aromatic heterocycles. The highest BCUT2D eigenvalue weighted by Gasteiger charge is 2.19.